The van der Waals surface area contributed by atoms with Crippen LogP contribution in [0, 0.1) is 0 Å². The standard InChI is InChI=1S/C6H13NO2/c1-5(8)3-7-4-6(2)9/h5,7-8H,3-4H2,1-2H3. The van der Waals surface area contributed by atoms with Gasteiger partial charge in [-0.25, -0.2) is 0 Å². The highest BCUT2D eigenvalue weighted by Gasteiger charge is 1.94. The van der Waals surface area contributed by atoms with Crippen LogP contribution in [0.4, 0.5) is 0 Å². The second kappa shape index (κ2) is 4.47. The predicted molar refractivity (Wildman–Crippen MR) is 35.2 cm³/mol. The first-order valence-corrected chi connectivity index (χ1v) is 3.01. The van der Waals surface area contributed by atoms with E-state index < -0.39 is 0 Å². The van der Waals surface area contributed by atoms with Crippen molar-refractivity contribution in [3.8, 4) is 0 Å². The Bertz CT molecular complexity index is 91.1. The number of rotatable bonds is 4. The molecule has 0 fully saturated rings. The van der Waals surface area contributed by atoms with Gasteiger partial charge < -0.3 is 10.4 Å². The highest BCUT2D eigenvalue weighted by atomic mass is 16.3. The zero-order chi connectivity index (χ0) is 7.28. The first-order chi connectivity index (χ1) is 4.13. The van der Waals surface area contributed by atoms with Gasteiger partial charge in [-0.05, 0) is 13.8 Å². The largest absolute Gasteiger partial charge is 0.392 e. The molecule has 2 N–H and O–H groups in total. The number of hydrogen-bond donors (Lipinski definition) is 2. The van der Waals surface area contributed by atoms with Crippen LogP contribution >= 0.6 is 0 Å². The number of carbonyl (C=O) groups is 1. The topological polar surface area (TPSA) is 49.3 Å². The minimum absolute atomic E-state index is 0.0932. The molecule has 3 heteroatoms. The summed E-state index contributed by atoms with van der Waals surface area (Å²) in [6, 6.07) is 0. The summed E-state index contributed by atoms with van der Waals surface area (Å²) >= 11 is 0. The number of carbonyl (C=O) groups excluding carboxylic acids is 1. The van der Waals surface area contributed by atoms with Crippen molar-refractivity contribution >= 4 is 5.78 Å². The van der Waals surface area contributed by atoms with E-state index in [9.17, 15) is 4.79 Å². The molecule has 0 rings (SSSR count). The third kappa shape index (κ3) is 7.59. The number of hydrogen-bond acceptors (Lipinski definition) is 3. The third-order valence-corrected chi connectivity index (χ3v) is 0.814. The lowest BCUT2D eigenvalue weighted by molar-refractivity contribution is -0.116. The summed E-state index contributed by atoms with van der Waals surface area (Å²) in [5.74, 6) is 0.0932. The summed E-state index contributed by atoms with van der Waals surface area (Å²) in [6.45, 7) is 4.02. The van der Waals surface area contributed by atoms with Gasteiger partial charge in [0.15, 0.2) is 0 Å². The van der Waals surface area contributed by atoms with Crippen LogP contribution < -0.4 is 5.32 Å². The van der Waals surface area contributed by atoms with Gasteiger partial charge in [0.25, 0.3) is 0 Å². The molecule has 0 aliphatic carbocycles. The Morgan fingerprint density at radius 2 is 2.33 bits per heavy atom. The van der Waals surface area contributed by atoms with Crippen LogP contribution in [0.5, 0.6) is 0 Å². The fourth-order valence-corrected chi connectivity index (χ4v) is 0.457. The predicted octanol–water partition coefficient (Wildman–Crippen LogP) is -0.454. The summed E-state index contributed by atoms with van der Waals surface area (Å²) in [5.41, 5.74) is 0. The molecule has 1 atom stereocenters. The summed E-state index contributed by atoms with van der Waals surface area (Å²) in [7, 11) is 0. The second-order valence-electron chi connectivity index (χ2n) is 2.18. The fraction of sp³-hybridized carbons (Fsp3) is 0.833. The molecule has 54 valence electrons. The minimum atomic E-state index is -0.371. The Balaban J connectivity index is 3.01. The summed E-state index contributed by atoms with van der Waals surface area (Å²) < 4.78 is 0. The average molecular weight is 131 g/mol. The Morgan fingerprint density at radius 1 is 1.78 bits per heavy atom. The van der Waals surface area contributed by atoms with Gasteiger partial charge in [-0.15, -0.1) is 0 Å². The Morgan fingerprint density at radius 3 is 2.67 bits per heavy atom. The molecule has 0 amide bonds. The van der Waals surface area contributed by atoms with Crippen molar-refractivity contribution in [1.82, 2.24) is 5.32 Å². The maximum Gasteiger partial charge on any atom is 0.143 e. The molecule has 0 heterocycles. The Hall–Kier alpha value is -0.410. The Labute approximate surface area is 55.1 Å². The average Bonchev–Trinajstić information content (AvgIpc) is 1.63. The van der Waals surface area contributed by atoms with Crippen LogP contribution in [-0.2, 0) is 4.79 Å². The molecule has 9 heavy (non-hydrogen) atoms. The van der Waals surface area contributed by atoms with Gasteiger partial charge >= 0.3 is 0 Å². The molecule has 0 aromatic heterocycles. The highest BCUT2D eigenvalue weighted by Crippen LogP contribution is 1.73. The normalized spacial score (nSPS) is 13.2. The maximum absolute atomic E-state index is 10.3. The molecular weight excluding hydrogens is 118 g/mol. The summed E-state index contributed by atoms with van der Waals surface area (Å²) in [4.78, 5) is 10.3. The van der Waals surface area contributed by atoms with E-state index in [2.05, 4.69) is 5.32 Å². The lowest BCUT2D eigenvalue weighted by Gasteiger charge is -2.02. The smallest absolute Gasteiger partial charge is 0.143 e. The van der Waals surface area contributed by atoms with Crippen LogP contribution in [0.25, 0.3) is 0 Å². The lowest BCUT2D eigenvalue weighted by atomic mass is 10.4. The van der Waals surface area contributed by atoms with Crippen LogP contribution in [0.15, 0.2) is 0 Å². The maximum atomic E-state index is 10.3. The van der Waals surface area contributed by atoms with Gasteiger partial charge in [0, 0.05) is 6.54 Å². The third-order valence-electron chi connectivity index (χ3n) is 0.814. The number of ketones is 1. The second-order valence-corrected chi connectivity index (χ2v) is 2.18. The number of Topliss-reactive ketones (excluding diaryl/α,β-unsaturated/α-hetero) is 1. The number of aliphatic hydroxyl groups is 1. The van der Waals surface area contributed by atoms with Gasteiger partial charge in [-0.3, -0.25) is 4.79 Å². The summed E-state index contributed by atoms with van der Waals surface area (Å²) in [5, 5.41) is 11.5. The molecular formula is C6H13NO2. The molecule has 0 aliphatic rings. The van der Waals surface area contributed by atoms with Crippen molar-refractivity contribution in [3.63, 3.8) is 0 Å². The molecule has 0 saturated heterocycles. The van der Waals surface area contributed by atoms with E-state index >= 15 is 0 Å². The van der Waals surface area contributed by atoms with E-state index in [1.165, 1.54) is 6.92 Å². The van der Waals surface area contributed by atoms with Crippen molar-refractivity contribution in [2.45, 2.75) is 20.0 Å². The molecule has 0 aliphatic heterocycles. The monoisotopic (exact) mass is 131 g/mol. The van der Waals surface area contributed by atoms with Gasteiger partial charge in [0.1, 0.15) is 5.78 Å². The quantitative estimate of drug-likeness (QED) is 0.543. The van der Waals surface area contributed by atoms with Crippen molar-refractivity contribution in [2.75, 3.05) is 13.1 Å². The van der Waals surface area contributed by atoms with Crippen LogP contribution in [-0.4, -0.2) is 30.1 Å². The fourth-order valence-electron chi connectivity index (χ4n) is 0.457. The lowest BCUT2D eigenvalue weighted by Crippen LogP contribution is -2.28. The van der Waals surface area contributed by atoms with Gasteiger partial charge in [-0.1, -0.05) is 0 Å². The van der Waals surface area contributed by atoms with Crippen LogP contribution in [0.2, 0.25) is 0 Å². The van der Waals surface area contributed by atoms with E-state index in [-0.39, 0.29) is 11.9 Å². The summed E-state index contributed by atoms with van der Waals surface area (Å²) in [6.07, 6.45) is -0.371. The van der Waals surface area contributed by atoms with Crippen LogP contribution in [0.1, 0.15) is 13.8 Å². The molecule has 0 spiro atoms. The molecule has 3 nitrogen and oxygen atoms in total. The highest BCUT2D eigenvalue weighted by molar-refractivity contribution is 5.77. The van der Waals surface area contributed by atoms with E-state index in [1.54, 1.807) is 6.92 Å². The van der Waals surface area contributed by atoms with Gasteiger partial charge in [-0.2, -0.15) is 0 Å². The number of nitrogens with one attached hydrogen (secondary N) is 1. The van der Waals surface area contributed by atoms with Crippen molar-refractivity contribution < 1.29 is 9.90 Å². The molecule has 0 radical (unpaired) electrons. The zero-order valence-electron chi connectivity index (χ0n) is 5.85. The zero-order valence-corrected chi connectivity index (χ0v) is 5.85. The molecule has 0 saturated carbocycles. The first-order valence-electron chi connectivity index (χ1n) is 3.01. The molecule has 0 aromatic carbocycles. The van der Waals surface area contributed by atoms with E-state index in [4.69, 9.17) is 5.11 Å². The Kier molecular flexibility index (Phi) is 4.26. The minimum Gasteiger partial charge on any atom is -0.392 e. The van der Waals surface area contributed by atoms with Gasteiger partial charge in [0.05, 0.1) is 12.6 Å². The molecule has 0 bridgehead atoms. The van der Waals surface area contributed by atoms with Crippen molar-refractivity contribution in [1.29, 1.82) is 0 Å². The van der Waals surface area contributed by atoms with E-state index in [1.807, 2.05) is 0 Å². The number of aliphatic hydroxyl groups excluding tert-OH is 1. The van der Waals surface area contributed by atoms with Crippen LogP contribution in [0.3, 0.4) is 0 Å². The molecule has 0 aromatic rings. The first kappa shape index (κ1) is 8.59. The van der Waals surface area contributed by atoms with Gasteiger partial charge in [0.2, 0.25) is 0 Å². The van der Waals surface area contributed by atoms with Crippen molar-refractivity contribution in [2.24, 2.45) is 0 Å². The SMILES string of the molecule is CC(=O)CNCC(C)O. The van der Waals surface area contributed by atoms with Crippen molar-refractivity contribution in [3.05, 3.63) is 0 Å². The van der Waals surface area contributed by atoms with E-state index in [0.29, 0.717) is 13.1 Å². The molecule has 1 unspecified atom stereocenters. The van der Waals surface area contributed by atoms with E-state index in [0.717, 1.165) is 0 Å².